The Hall–Kier alpha value is -0.610. The third kappa shape index (κ3) is 2.16. The fourth-order valence-corrected chi connectivity index (χ4v) is 2.48. The van der Waals surface area contributed by atoms with Gasteiger partial charge in [0.25, 0.3) is 0 Å². The highest BCUT2D eigenvalue weighted by Gasteiger charge is 2.40. The highest BCUT2D eigenvalue weighted by atomic mass is 16.3. The van der Waals surface area contributed by atoms with Crippen LogP contribution in [-0.4, -0.2) is 40.6 Å². The molecule has 0 aromatic rings. The smallest absolute Gasteiger partial charge is 0.241 e. The van der Waals surface area contributed by atoms with Gasteiger partial charge in [-0.15, -0.1) is 0 Å². The van der Waals surface area contributed by atoms with Gasteiger partial charge < -0.3 is 15.7 Å². The standard InChI is InChI=1S/C11H20N2O2/c1-8-2-4-11(15,5-3-8)7-13-6-9(12)10(13)14/h8-9,15H,2-7,12H2,1H3. The summed E-state index contributed by atoms with van der Waals surface area (Å²) in [6.45, 7) is 3.30. The molecule has 2 aliphatic rings. The Balaban J connectivity index is 1.86. The lowest BCUT2D eigenvalue weighted by Gasteiger charge is -2.44. The molecule has 1 heterocycles. The lowest BCUT2D eigenvalue weighted by atomic mass is 9.79. The van der Waals surface area contributed by atoms with Crippen molar-refractivity contribution in [1.29, 1.82) is 0 Å². The number of likely N-dealkylation sites (tertiary alicyclic amines) is 1. The van der Waals surface area contributed by atoms with E-state index in [2.05, 4.69) is 6.92 Å². The summed E-state index contributed by atoms with van der Waals surface area (Å²) in [5.41, 5.74) is 4.86. The molecule has 2 fully saturated rings. The van der Waals surface area contributed by atoms with E-state index in [-0.39, 0.29) is 11.9 Å². The van der Waals surface area contributed by atoms with Crippen LogP contribution in [0.15, 0.2) is 0 Å². The number of β-amino-alcohol motifs (C(OH)–C–C–N with tert-alkyl or cyclic N) is 1. The van der Waals surface area contributed by atoms with E-state index in [9.17, 15) is 9.90 Å². The molecule has 0 spiro atoms. The molecule has 0 aromatic carbocycles. The number of nitrogens with two attached hydrogens (primary N) is 1. The van der Waals surface area contributed by atoms with Gasteiger partial charge in [-0.25, -0.2) is 0 Å². The van der Waals surface area contributed by atoms with Crippen LogP contribution in [0.5, 0.6) is 0 Å². The maximum absolute atomic E-state index is 11.3. The lowest BCUT2D eigenvalue weighted by molar-refractivity contribution is -0.148. The third-order valence-corrected chi connectivity index (χ3v) is 3.74. The Morgan fingerprint density at radius 3 is 2.60 bits per heavy atom. The summed E-state index contributed by atoms with van der Waals surface area (Å²) in [5.74, 6) is 0.696. The van der Waals surface area contributed by atoms with Crippen LogP contribution in [0, 0.1) is 5.92 Å². The second kappa shape index (κ2) is 3.76. The number of rotatable bonds is 2. The monoisotopic (exact) mass is 212 g/mol. The van der Waals surface area contributed by atoms with Gasteiger partial charge >= 0.3 is 0 Å². The average molecular weight is 212 g/mol. The second-order valence-corrected chi connectivity index (χ2v) is 5.23. The number of β-lactam (4-membered cyclic amide) rings is 1. The SMILES string of the molecule is CC1CCC(O)(CN2CC(N)C2=O)CC1. The van der Waals surface area contributed by atoms with E-state index in [1.165, 1.54) is 0 Å². The van der Waals surface area contributed by atoms with Gasteiger partial charge in [0.05, 0.1) is 5.60 Å². The molecule has 3 N–H and O–H groups in total. The molecule has 4 nitrogen and oxygen atoms in total. The first kappa shape index (κ1) is 10.9. The molecule has 15 heavy (non-hydrogen) atoms. The van der Waals surface area contributed by atoms with Crippen LogP contribution in [0.1, 0.15) is 32.6 Å². The van der Waals surface area contributed by atoms with E-state index >= 15 is 0 Å². The van der Waals surface area contributed by atoms with Crippen LogP contribution in [0.25, 0.3) is 0 Å². The molecule has 0 bridgehead atoms. The largest absolute Gasteiger partial charge is 0.388 e. The molecule has 1 aliphatic carbocycles. The molecule has 1 atom stereocenters. The van der Waals surface area contributed by atoms with Gasteiger partial charge in [-0.2, -0.15) is 0 Å². The second-order valence-electron chi connectivity index (χ2n) is 5.23. The van der Waals surface area contributed by atoms with Crippen LogP contribution in [0.2, 0.25) is 0 Å². The van der Waals surface area contributed by atoms with Crippen molar-refractivity contribution >= 4 is 5.91 Å². The van der Waals surface area contributed by atoms with Gasteiger partial charge in [0.2, 0.25) is 5.91 Å². The van der Waals surface area contributed by atoms with Gasteiger partial charge in [0.15, 0.2) is 0 Å². The molecule has 1 amide bonds. The summed E-state index contributed by atoms with van der Waals surface area (Å²) in [7, 11) is 0. The van der Waals surface area contributed by atoms with Crippen molar-refractivity contribution in [2.75, 3.05) is 13.1 Å². The van der Waals surface area contributed by atoms with E-state index in [1.807, 2.05) is 0 Å². The number of hydrogen-bond donors (Lipinski definition) is 2. The first-order valence-corrected chi connectivity index (χ1v) is 5.77. The number of amides is 1. The molecule has 1 saturated heterocycles. The fraction of sp³-hybridized carbons (Fsp3) is 0.909. The van der Waals surface area contributed by atoms with Crippen LogP contribution in [0.4, 0.5) is 0 Å². The van der Waals surface area contributed by atoms with Gasteiger partial charge in [-0.05, 0) is 31.6 Å². The van der Waals surface area contributed by atoms with Gasteiger partial charge in [-0.1, -0.05) is 6.92 Å². The van der Waals surface area contributed by atoms with Crippen molar-refractivity contribution in [2.24, 2.45) is 11.7 Å². The predicted molar refractivity (Wildman–Crippen MR) is 57.1 cm³/mol. The zero-order chi connectivity index (χ0) is 11.1. The minimum Gasteiger partial charge on any atom is -0.388 e. The molecular formula is C11H20N2O2. The van der Waals surface area contributed by atoms with E-state index < -0.39 is 5.60 Å². The van der Waals surface area contributed by atoms with Gasteiger partial charge in [0.1, 0.15) is 6.04 Å². The maximum atomic E-state index is 11.3. The number of nitrogens with zero attached hydrogens (tertiary/aromatic N) is 1. The van der Waals surface area contributed by atoms with E-state index in [0.717, 1.165) is 25.7 Å². The minimum atomic E-state index is -0.650. The van der Waals surface area contributed by atoms with E-state index in [0.29, 0.717) is 19.0 Å². The van der Waals surface area contributed by atoms with Gasteiger partial charge in [0, 0.05) is 13.1 Å². The van der Waals surface area contributed by atoms with Crippen molar-refractivity contribution in [3.63, 3.8) is 0 Å². The fourth-order valence-electron chi connectivity index (χ4n) is 2.48. The first-order chi connectivity index (χ1) is 7.00. The van der Waals surface area contributed by atoms with Crippen molar-refractivity contribution in [3.05, 3.63) is 0 Å². The van der Waals surface area contributed by atoms with Crippen molar-refractivity contribution in [3.8, 4) is 0 Å². The molecule has 0 aromatic heterocycles. The van der Waals surface area contributed by atoms with E-state index in [4.69, 9.17) is 5.73 Å². The van der Waals surface area contributed by atoms with Crippen LogP contribution in [0.3, 0.4) is 0 Å². The Morgan fingerprint density at radius 1 is 1.53 bits per heavy atom. The Morgan fingerprint density at radius 2 is 2.13 bits per heavy atom. The minimum absolute atomic E-state index is 0.0120. The topological polar surface area (TPSA) is 66.6 Å². The highest BCUT2D eigenvalue weighted by Crippen LogP contribution is 2.33. The van der Waals surface area contributed by atoms with Gasteiger partial charge in [-0.3, -0.25) is 4.79 Å². The highest BCUT2D eigenvalue weighted by molar-refractivity contribution is 5.87. The van der Waals surface area contributed by atoms with Crippen LogP contribution < -0.4 is 5.73 Å². The average Bonchev–Trinajstić information content (AvgIpc) is 2.22. The molecule has 1 saturated carbocycles. The summed E-state index contributed by atoms with van der Waals surface area (Å²) in [6, 6.07) is -0.323. The summed E-state index contributed by atoms with van der Waals surface area (Å²) < 4.78 is 0. The van der Waals surface area contributed by atoms with Crippen LogP contribution >= 0.6 is 0 Å². The third-order valence-electron chi connectivity index (χ3n) is 3.74. The Bertz CT molecular complexity index is 259. The quantitative estimate of drug-likeness (QED) is 0.638. The van der Waals surface area contributed by atoms with Crippen molar-refractivity contribution in [2.45, 2.75) is 44.2 Å². The Labute approximate surface area is 90.4 Å². The van der Waals surface area contributed by atoms with Crippen LogP contribution in [-0.2, 0) is 4.79 Å². The number of aliphatic hydroxyl groups is 1. The van der Waals surface area contributed by atoms with Crippen molar-refractivity contribution in [1.82, 2.24) is 4.90 Å². The zero-order valence-electron chi connectivity index (χ0n) is 9.28. The molecule has 4 heteroatoms. The molecule has 2 rings (SSSR count). The predicted octanol–water partition coefficient (Wildman–Crippen LogP) is 0.0971. The van der Waals surface area contributed by atoms with E-state index in [1.54, 1.807) is 4.90 Å². The molecule has 0 radical (unpaired) electrons. The maximum Gasteiger partial charge on any atom is 0.241 e. The Kier molecular flexibility index (Phi) is 2.73. The number of hydrogen-bond acceptors (Lipinski definition) is 3. The number of carbonyl (C=O) groups is 1. The summed E-state index contributed by atoms with van der Waals surface area (Å²) in [4.78, 5) is 13.0. The summed E-state index contributed by atoms with van der Waals surface area (Å²) in [6.07, 6.45) is 3.75. The molecule has 86 valence electrons. The molecule has 1 aliphatic heterocycles. The first-order valence-electron chi connectivity index (χ1n) is 5.77. The summed E-state index contributed by atoms with van der Waals surface area (Å²) in [5, 5.41) is 10.3. The lowest BCUT2D eigenvalue weighted by Crippen LogP contribution is -2.64. The van der Waals surface area contributed by atoms with Crippen molar-refractivity contribution < 1.29 is 9.90 Å². The molecular weight excluding hydrogens is 192 g/mol. The normalized spacial score (nSPS) is 41.5. The summed E-state index contributed by atoms with van der Waals surface area (Å²) >= 11 is 0. The number of carbonyl (C=O) groups excluding carboxylic acids is 1. The molecule has 1 unspecified atom stereocenters. The zero-order valence-corrected chi connectivity index (χ0v) is 9.28.